The Balaban J connectivity index is 2.02. The highest BCUT2D eigenvalue weighted by Crippen LogP contribution is 2.32. The van der Waals surface area contributed by atoms with E-state index in [1.807, 2.05) is 5.32 Å². The molecule has 18 heavy (non-hydrogen) atoms. The number of benzene rings is 1. The standard InChI is InChI=1S/C12H12F3NO2/c13-12(14,15)11(17)16-7-8-5-6-18-10-4-2-1-3-9(8)10/h1-4,8H,5-7H2,(H,16,17). The lowest BCUT2D eigenvalue weighted by molar-refractivity contribution is -0.173. The summed E-state index contributed by atoms with van der Waals surface area (Å²) >= 11 is 0. The minimum atomic E-state index is -4.83. The number of hydrogen-bond acceptors (Lipinski definition) is 2. The van der Waals surface area contributed by atoms with Crippen LogP contribution in [-0.2, 0) is 4.79 Å². The third-order valence-electron chi connectivity index (χ3n) is 2.85. The van der Waals surface area contributed by atoms with Crippen LogP contribution in [0.4, 0.5) is 13.2 Å². The summed E-state index contributed by atoms with van der Waals surface area (Å²) in [6.07, 6.45) is -4.24. The van der Waals surface area contributed by atoms with Gasteiger partial charge in [-0.2, -0.15) is 13.2 Å². The number of ether oxygens (including phenoxy) is 1. The topological polar surface area (TPSA) is 38.3 Å². The molecule has 0 saturated carbocycles. The van der Waals surface area contributed by atoms with Gasteiger partial charge in [-0.15, -0.1) is 0 Å². The van der Waals surface area contributed by atoms with Crippen LogP contribution in [0.1, 0.15) is 17.9 Å². The molecule has 1 N–H and O–H groups in total. The van der Waals surface area contributed by atoms with Crippen molar-refractivity contribution in [1.82, 2.24) is 5.32 Å². The minimum Gasteiger partial charge on any atom is -0.493 e. The highest BCUT2D eigenvalue weighted by molar-refractivity contribution is 5.81. The number of rotatable bonds is 2. The van der Waals surface area contributed by atoms with E-state index in [1.165, 1.54) is 0 Å². The van der Waals surface area contributed by atoms with E-state index in [0.717, 1.165) is 5.56 Å². The van der Waals surface area contributed by atoms with Gasteiger partial charge in [0.05, 0.1) is 6.61 Å². The molecule has 0 aromatic heterocycles. The molecule has 0 spiro atoms. The van der Waals surface area contributed by atoms with Gasteiger partial charge in [0.15, 0.2) is 0 Å². The molecule has 0 radical (unpaired) electrons. The molecule has 1 aliphatic rings. The quantitative estimate of drug-likeness (QED) is 0.884. The predicted octanol–water partition coefficient (Wildman–Crippen LogP) is 2.23. The van der Waals surface area contributed by atoms with Crippen LogP contribution < -0.4 is 10.1 Å². The first kappa shape index (κ1) is 12.7. The molecule has 1 aliphatic heterocycles. The lowest BCUT2D eigenvalue weighted by Gasteiger charge is -2.26. The molecule has 2 rings (SSSR count). The van der Waals surface area contributed by atoms with Crippen molar-refractivity contribution in [1.29, 1.82) is 0 Å². The number of fused-ring (bicyclic) bond motifs is 1. The SMILES string of the molecule is O=C(NCC1CCOc2ccccc21)C(F)(F)F. The molecule has 1 heterocycles. The van der Waals surface area contributed by atoms with Crippen LogP contribution in [0.25, 0.3) is 0 Å². The van der Waals surface area contributed by atoms with Gasteiger partial charge >= 0.3 is 12.1 Å². The van der Waals surface area contributed by atoms with Crippen LogP contribution in [0.2, 0.25) is 0 Å². The van der Waals surface area contributed by atoms with Crippen LogP contribution in [0, 0.1) is 0 Å². The fourth-order valence-electron chi connectivity index (χ4n) is 1.94. The van der Waals surface area contributed by atoms with Crippen LogP contribution in [0.3, 0.4) is 0 Å². The lowest BCUT2D eigenvalue weighted by atomic mass is 9.93. The van der Waals surface area contributed by atoms with Gasteiger partial charge in [-0.25, -0.2) is 0 Å². The summed E-state index contributed by atoms with van der Waals surface area (Å²) in [6, 6.07) is 7.17. The molecule has 6 heteroatoms. The van der Waals surface area contributed by atoms with E-state index < -0.39 is 12.1 Å². The number of halogens is 3. The van der Waals surface area contributed by atoms with E-state index >= 15 is 0 Å². The number of hydrogen-bond donors (Lipinski definition) is 1. The van der Waals surface area contributed by atoms with Gasteiger partial charge in [0.25, 0.3) is 0 Å². The van der Waals surface area contributed by atoms with Gasteiger partial charge in [0.1, 0.15) is 5.75 Å². The summed E-state index contributed by atoms with van der Waals surface area (Å²) in [6.45, 7) is 0.419. The third kappa shape index (κ3) is 2.75. The van der Waals surface area contributed by atoms with Crippen molar-refractivity contribution in [2.75, 3.05) is 13.2 Å². The number of para-hydroxylation sites is 1. The first-order valence-corrected chi connectivity index (χ1v) is 5.55. The normalized spacial score (nSPS) is 18.7. The Bertz CT molecular complexity index is 445. The number of carbonyl (C=O) groups is 1. The first-order valence-electron chi connectivity index (χ1n) is 5.55. The van der Waals surface area contributed by atoms with Crippen molar-refractivity contribution in [3.05, 3.63) is 29.8 Å². The van der Waals surface area contributed by atoms with Crippen molar-refractivity contribution in [2.45, 2.75) is 18.5 Å². The lowest BCUT2D eigenvalue weighted by Crippen LogP contribution is -2.39. The maximum Gasteiger partial charge on any atom is 0.471 e. The second kappa shape index (κ2) is 4.88. The maximum absolute atomic E-state index is 12.1. The second-order valence-electron chi connectivity index (χ2n) is 4.08. The molecular weight excluding hydrogens is 247 g/mol. The zero-order valence-electron chi connectivity index (χ0n) is 9.46. The van der Waals surface area contributed by atoms with Crippen LogP contribution in [0.5, 0.6) is 5.75 Å². The summed E-state index contributed by atoms with van der Waals surface area (Å²) in [4.78, 5) is 10.8. The largest absolute Gasteiger partial charge is 0.493 e. The van der Waals surface area contributed by atoms with Crippen molar-refractivity contribution in [2.24, 2.45) is 0 Å². The molecule has 0 aliphatic carbocycles. The molecule has 1 unspecified atom stereocenters. The van der Waals surface area contributed by atoms with Gasteiger partial charge in [0.2, 0.25) is 0 Å². The van der Waals surface area contributed by atoms with Gasteiger partial charge < -0.3 is 10.1 Å². The Kier molecular flexibility index (Phi) is 3.45. The van der Waals surface area contributed by atoms with E-state index in [4.69, 9.17) is 4.74 Å². The minimum absolute atomic E-state index is 0.0291. The summed E-state index contributed by atoms with van der Waals surface area (Å²) in [5.74, 6) is -1.36. The Morgan fingerprint density at radius 2 is 2.11 bits per heavy atom. The van der Waals surface area contributed by atoms with E-state index in [0.29, 0.717) is 18.8 Å². The monoisotopic (exact) mass is 259 g/mol. The highest BCUT2D eigenvalue weighted by Gasteiger charge is 2.38. The Morgan fingerprint density at radius 3 is 2.83 bits per heavy atom. The Labute approximate surface area is 102 Å². The molecule has 0 fully saturated rings. The van der Waals surface area contributed by atoms with Gasteiger partial charge in [-0.1, -0.05) is 18.2 Å². The molecule has 0 bridgehead atoms. The molecular formula is C12H12F3NO2. The average Bonchev–Trinajstić information content (AvgIpc) is 2.34. The third-order valence-corrected chi connectivity index (χ3v) is 2.85. The summed E-state index contributed by atoms with van der Waals surface area (Å²) in [7, 11) is 0. The Morgan fingerprint density at radius 1 is 1.39 bits per heavy atom. The number of alkyl halides is 3. The molecule has 1 atom stereocenters. The summed E-state index contributed by atoms with van der Waals surface area (Å²) in [5, 5.41) is 1.91. The fourth-order valence-corrected chi connectivity index (χ4v) is 1.94. The molecule has 1 amide bonds. The van der Waals surface area contributed by atoms with Crippen LogP contribution in [-0.4, -0.2) is 25.2 Å². The van der Waals surface area contributed by atoms with Crippen molar-refractivity contribution < 1.29 is 22.7 Å². The second-order valence-corrected chi connectivity index (χ2v) is 4.08. The average molecular weight is 259 g/mol. The van der Waals surface area contributed by atoms with E-state index in [9.17, 15) is 18.0 Å². The first-order chi connectivity index (χ1) is 8.48. The van der Waals surface area contributed by atoms with E-state index in [2.05, 4.69) is 0 Å². The Hall–Kier alpha value is -1.72. The smallest absolute Gasteiger partial charge is 0.471 e. The molecule has 98 valence electrons. The van der Waals surface area contributed by atoms with Crippen LogP contribution >= 0.6 is 0 Å². The van der Waals surface area contributed by atoms with E-state index in [1.54, 1.807) is 24.3 Å². The maximum atomic E-state index is 12.1. The summed E-state index contributed by atoms with van der Waals surface area (Å²) < 4.78 is 41.6. The fraction of sp³-hybridized carbons (Fsp3) is 0.417. The van der Waals surface area contributed by atoms with Crippen molar-refractivity contribution >= 4 is 5.91 Å². The molecule has 1 aromatic carbocycles. The molecule has 1 aromatic rings. The molecule has 3 nitrogen and oxygen atoms in total. The van der Waals surface area contributed by atoms with Crippen LogP contribution in [0.15, 0.2) is 24.3 Å². The van der Waals surface area contributed by atoms with Gasteiger partial charge in [0, 0.05) is 12.5 Å². The zero-order valence-corrected chi connectivity index (χ0v) is 9.46. The summed E-state index contributed by atoms with van der Waals surface area (Å²) in [5.41, 5.74) is 0.839. The zero-order chi connectivity index (χ0) is 13.2. The number of amides is 1. The van der Waals surface area contributed by atoms with Gasteiger partial charge in [-0.05, 0) is 18.1 Å². The van der Waals surface area contributed by atoms with Crippen molar-refractivity contribution in [3.63, 3.8) is 0 Å². The number of carbonyl (C=O) groups excluding carboxylic acids is 1. The van der Waals surface area contributed by atoms with Crippen molar-refractivity contribution in [3.8, 4) is 5.75 Å². The number of nitrogens with one attached hydrogen (secondary N) is 1. The highest BCUT2D eigenvalue weighted by atomic mass is 19.4. The molecule has 0 saturated heterocycles. The van der Waals surface area contributed by atoms with Gasteiger partial charge in [-0.3, -0.25) is 4.79 Å². The predicted molar refractivity (Wildman–Crippen MR) is 58.4 cm³/mol. The van der Waals surface area contributed by atoms with E-state index in [-0.39, 0.29) is 12.5 Å².